The maximum Gasteiger partial charge on any atom is 0.267 e. The van der Waals surface area contributed by atoms with Gasteiger partial charge >= 0.3 is 0 Å². The van der Waals surface area contributed by atoms with E-state index in [1.54, 1.807) is 6.07 Å². The molecule has 3 heterocycles. The second-order valence-corrected chi connectivity index (χ2v) is 6.99. The third-order valence-electron chi connectivity index (χ3n) is 3.80. The van der Waals surface area contributed by atoms with Crippen LogP contribution in [0.2, 0.25) is 0 Å². The van der Waals surface area contributed by atoms with Crippen LogP contribution < -0.4 is 10.9 Å². The van der Waals surface area contributed by atoms with Crippen LogP contribution in [0.4, 0.5) is 5.13 Å². The molecule has 1 aliphatic rings. The molecule has 3 rings (SSSR count). The van der Waals surface area contributed by atoms with Crippen molar-refractivity contribution in [2.24, 2.45) is 0 Å². The lowest BCUT2D eigenvalue weighted by Crippen LogP contribution is -2.39. The highest BCUT2D eigenvalue weighted by Gasteiger charge is 2.21. The summed E-state index contributed by atoms with van der Waals surface area (Å²) in [5.74, 6) is -0.123. The number of aryl methyl sites for hydroxylation is 2. The summed E-state index contributed by atoms with van der Waals surface area (Å²) in [7, 11) is 0. The van der Waals surface area contributed by atoms with Crippen molar-refractivity contribution in [1.82, 2.24) is 24.9 Å². The van der Waals surface area contributed by atoms with Crippen molar-refractivity contribution in [3.63, 3.8) is 0 Å². The van der Waals surface area contributed by atoms with Crippen molar-refractivity contribution in [3.05, 3.63) is 32.7 Å². The van der Waals surface area contributed by atoms with Gasteiger partial charge in [-0.15, -0.1) is 10.2 Å². The van der Waals surface area contributed by atoms with Crippen LogP contribution in [0.3, 0.4) is 0 Å². The summed E-state index contributed by atoms with van der Waals surface area (Å²) in [6.45, 7) is 6.07. The Bertz CT molecular complexity index is 800. The highest BCUT2D eigenvalue weighted by Crippen LogP contribution is 2.16. The minimum Gasteiger partial charge on any atom is -0.299 e. The van der Waals surface area contributed by atoms with E-state index in [0.717, 1.165) is 35.7 Å². The van der Waals surface area contributed by atoms with E-state index in [0.29, 0.717) is 18.2 Å². The molecule has 0 bridgehead atoms. The van der Waals surface area contributed by atoms with Gasteiger partial charge in [-0.3, -0.25) is 19.8 Å². The first-order valence-corrected chi connectivity index (χ1v) is 8.79. The van der Waals surface area contributed by atoms with E-state index in [-0.39, 0.29) is 18.0 Å². The molecular weight excluding hydrogens is 328 g/mol. The molecule has 1 aliphatic heterocycles. The van der Waals surface area contributed by atoms with Gasteiger partial charge in [0.05, 0.1) is 12.2 Å². The molecule has 0 aromatic carbocycles. The molecule has 1 amide bonds. The van der Waals surface area contributed by atoms with Crippen molar-refractivity contribution in [1.29, 1.82) is 0 Å². The zero-order valence-electron chi connectivity index (χ0n) is 13.8. The standard InChI is InChI=1S/C15H20N6O2S/c1-3-5-21-14(23)7-11-8-20(6-4-12(11)19-21)9-13(22)16-15-18-17-10(2)24-15/h7H,3-6,8-9H2,1-2H3,(H,16,18,22). The summed E-state index contributed by atoms with van der Waals surface area (Å²) in [5.41, 5.74) is 1.80. The molecule has 2 aromatic heterocycles. The zero-order chi connectivity index (χ0) is 17.1. The van der Waals surface area contributed by atoms with Gasteiger partial charge in [0.15, 0.2) is 0 Å². The minimum atomic E-state index is -0.123. The quantitative estimate of drug-likeness (QED) is 0.859. The number of carbonyl (C=O) groups excluding carboxylic acids is 1. The average Bonchev–Trinajstić information content (AvgIpc) is 2.93. The van der Waals surface area contributed by atoms with Crippen LogP contribution in [0, 0.1) is 6.92 Å². The lowest BCUT2D eigenvalue weighted by Gasteiger charge is -2.27. The second-order valence-electron chi connectivity index (χ2n) is 5.81. The number of nitrogens with one attached hydrogen (secondary N) is 1. The number of anilines is 1. The van der Waals surface area contributed by atoms with Gasteiger partial charge in [0, 0.05) is 32.1 Å². The molecule has 0 radical (unpaired) electrons. The van der Waals surface area contributed by atoms with E-state index in [1.807, 2.05) is 18.7 Å². The fraction of sp³-hybridized carbons (Fsp3) is 0.533. The third kappa shape index (κ3) is 3.85. The van der Waals surface area contributed by atoms with Crippen LogP contribution in [0.25, 0.3) is 0 Å². The minimum absolute atomic E-state index is 0.0776. The lowest BCUT2D eigenvalue weighted by molar-refractivity contribution is -0.117. The van der Waals surface area contributed by atoms with E-state index in [1.165, 1.54) is 16.0 Å². The Kier molecular flexibility index (Phi) is 5.00. The van der Waals surface area contributed by atoms with Crippen molar-refractivity contribution in [2.75, 3.05) is 18.4 Å². The number of rotatable bonds is 5. The lowest BCUT2D eigenvalue weighted by atomic mass is 10.1. The van der Waals surface area contributed by atoms with Crippen molar-refractivity contribution >= 4 is 22.4 Å². The number of amides is 1. The Labute approximate surface area is 143 Å². The molecule has 1 N–H and O–H groups in total. The third-order valence-corrected chi connectivity index (χ3v) is 4.55. The Morgan fingerprint density at radius 3 is 2.96 bits per heavy atom. The largest absolute Gasteiger partial charge is 0.299 e. The van der Waals surface area contributed by atoms with Crippen LogP contribution in [-0.2, 0) is 24.3 Å². The van der Waals surface area contributed by atoms with Crippen LogP contribution in [-0.4, -0.2) is 43.9 Å². The Morgan fingerprint density at radius 1 is 1.42 bits per heavy atom. The van der Waals surface area contributed by atoms with Crippen molar-refractivity contribution in [2.45, 2.75) is 39.8 Å². The normalized spacial score (nSPS) is 14.4. The van der Waals surface area contributed by atoms with Gasteiger partial charge in [0.2, 0.25) is 11.0 Å². The Hall–Kier alpha value is -2.13. The fourth-order valence-electron chi connectivity index (χ4n) is 2.71. The summed E-state index contributed by atoms with van der Waals surface area (Å²) in [6, 6.07) is 1.65. The second kappa shape index (κ2) is 7.18. The van der Waals surface area contributed by atoms with Crippen molar-refractivity contribution in [3.8, 4) is 0 Å². The van der Waals surface area contributed by atoms with E-state index >= 15 is 0 Å². The van der Waals surface area contributed by atoms with E-state index in [4.69, 9.17) is 0 Å². The first-order valence-electron chi connectivity index (χ1n) is 7.97. The topological polar surface area (TPSA) is 93.0 Å². The van der Waals surface area contributed by atoms with Crippen LogP contribution in [0.15, 0.2) is 10.9 Å². The van der Waals surface area contributed by atoms with Gasteiger partial charge in [0.1, 0.15) is 5.01 Å². The molecule has 24 heavy (non-hydrogen) atoms. The molecular formula is C15H20N6O2S. The molecule has 9 heteroatoms. The maximum absolute atomic E-state index is 12.1. The average molecular weight is 348 g/mol. The number of aromatic nitrogens is 4. The van der Waals surface area contributed by atoms with Gasteiger partial charge < -0.3 is 0 Å². The van der Waals surface area contributed by atoms with E-state index < -0.39 is 0 Å². The van der Waals surface area contributed by atoms with Crippen molar-refractivity contribution < 1.29 is 4.79 Å². The molecule has 0 fully saturated rings. The number of fused-ring (bicyclic) bond motifs is 1. The summed E-state index contributed by atoms with van der Waals surface area (Å²) >= 11 is 1.35. The molecule has 0 aliphatic carbocycles. The molecule has 2 aromatic rings. The molecule has 0 atom stereocenters. The van der Waals surface area contributed by atoms with Gasteiger partial charge in [-0.05, 0) is 18.9 Å². The first-order chi connectivity index (χ1) is 11.5. The molecule has 0 saturated carbocycles. The smallest absolute Gasteiger partial charge is 0.267 e. The number of carbonyl (C=O) groups is 1. The van der Waals surface area contributed by atoms with E-state index in [9.17, 15) is 9.59 Å². The van der Waals surface area contributed by atoms with E-state index in [2.05, 4.69) is 20.6 Å². The number of nitrogens with zero attached hydrogens (tertiary/aromatic N) is 5. The predicted octanol–water partition coefficient (Wildman–Crippen LogP) is 0.810. The number of hydrogen-bond donors (Lipinski definition) is 1. The summed E-state index contributed by atoms with van der Waals surface area (Å²) in [5, 5.41) is 16.3. The molecule has 8 nitrogen and oxygen atoms in total. The molecule has 0 unspecified atom stereocenters. The number of hydrogen-bond acceptors (Lipinski definition) is 7. The SMILES string of the molecule is CCCn1nc2c(cc1=O)CN(CC(=O)Nc1nnc(C)s1)CC2. The summed E-state index contributed by atoms with van der Waals surface area (Å²) in [4.78, 5) is 26.2. The zero-order valence-corrected chi connectivity index (χ0v) is 14.6. The Morgan fingerprint density at radius 2 is 2.25 bits per heavy atom. The summed E-state index contributed by atoms with van der Waals surface area (Å²) in [6.07, 6.45) is 1.62. The Balaban J connectivity index is 1.63. The molecule has 0 spiro atoms. The molecule has 128 valence electrons. The monoisotopic (exact) mass is 348 g/mol. The summed E-state index contributed by atoms with van der Waals surface area (Å²) < 4.78 is 1.53. The molecule has 0 saturated heterocycles. The maximum atomic E-state index is 12.1. The highest BCUT2D eigenvalue weighted by molar-refractivity contribution is 7.15. The van der Waals surface area contributed by atoms with Gasteiger partial charge in [0.25, 0.3) is 5.56 Å². The van der Waals surface area contributed by atoms with Gasteiger partial charge in [-0.1, -0.05) is 18.3 Å². The first kappa shape index (κ1) is 16.7. The van der Waals surface area contributed by atoms with Gasteiger partial charge in [-0.25, -0.2) is 4.68 Å². The highest BCUT2D eigenvalue weighted by atomic mass is 32.1. The van der Waals surface area contributed by atoms with Crippen LogP contribution >= 0.6 is 11.3 Å². The predicted molar refractivity (Wildman–Crippen MR) is 91.0 cm³/mol. The fourth-order valence-corrected chi connectivity index (χ4v) is 3.32. The van der Waals surface area contributed by atoms with Crippen LogP contribution in [0.1, 0.15) is 29.6 Å². The van der Waals surface area contributed by atoms with Gasteiger partial charge in [-0.2, -0.15) is 5.10 Å². The van der Waals surface area contributed by atoms with Crippen LogP contribution in [0.5, 0.6) is 0 Å².